The highest BCUT2D eigenvalue weighted by molar-refractivity contribution is 5.85. The van der Waals surface area contributed by atoms with E-state index in [1.807, 2.05) is 50.2 Å². The monoisotopic (exact) mass is 380 g/mol. The Balaban J connectivity index is 1.84. The minimum absolute atomic E-state index is 0.0802. The van der Waals surface area contributed by atoms with Gasteiger partial charge in [0.25, 0.3) is 5.56 Å². The summed E-state index contributed by atoms with van der Waals surface area (Å²) in [7, 11) is 3.22. The van der Waals surface area contributed by atoms with Crippen LogP contribution >= 0.6 is 0 Å². The van der Waals surface area contributed by atoms with Crippen molar-refractivity contribution < 1.29 is 9.47 Å². The molecule has 0 bridgehead atoms. The van der Waals surface area contributed by atoms with Crippen molar-refractivity contribution in [1.29, 1.82) is 0 Å². The first-order valence-corrected chi connectivity index (χ1v) is 9.07. The number of hydrazone groups is 1. The van der Waals surface area contributed by atoms with E-state index in [0.29, 0.717) is 41.3 Å². The van der Waals surface area contributed by atoms with Crippen LogP contribution in [0.5, 0.6) is 11.5 Å². The zero-order valence-corrected chi connectivity index (χ0v) is 16.5. The molecule has 0 amide bonds. The van der Waals surface area contributed by atoms with Gasteiger partial charge in [-0.15, -0.1) is 0 Å². The fourth-order valence-corrected chi connectivity index (χ4v) is 3.02. The highest BCUT2D eigenvalue weighted by Crippen LogP contribution is 2.27. The van der Waals surface area contributed by atoms with Gasteiger partial charge < -0.3 is 9.47 Å². The molecule has 1 N–H and O–H groups in total. The second kappa shape index (κ2) is 8.56. The van der Waals surface area contributed by atoms with Crippen LogP contribution in [0.15, 0.2) is 52.4 Å². The van der Waals surface area contributed by atoms with Gasteiger partial charge in [-0.25, -0.2) is 10.4 Å². The molecule has 0 unspecified atom stereocenters. The van der Waals surface area contributed by atoms with Crippen LogP contribution < -0.4 is 20.5 Å². The van der Waals surface area contributed by atoms with Crippen LogP contribution in [-0.2, 0) is 13.0 Å². The van der Waals surface area contributed by atoms with Crippen LogP contribution in [-0.4, -0.2) is 29.5 Å². The average Bonchev–Trinajstić information content (AvgIpc) is 2.72. The Morgan fingerprint density at radius 2 is 1.89 bits per heavy atom. The predicted octanol–water partition coefficient (Wildman–Crippen LogP) is 3.46. The van der Waals surface area contributed by atoms with Crippen molar-refractivity contribution in [1.82, 2.24) is 9.55 Å². The number of rotatable bonds is 7. The third kappa shape index (κ3) is 3.98. The van der Waals surface area contributed by atoms with E-state index in [4.69, 9.17) is 9.47 Å². The first-order chi connectivity index (χ1) is 13.6. The lowest BCUT2D eigenvalue weighted by atomic mass is 10.1. The van der Waals surface area contributed by atoms with Gasteiger partial charge >= 0.3 is 0 Å². The first-order valence-electron chi connectivity index (χ1n) is 9.07. The van der Waals surface area contributed by atoms with Crippen LogP contribution in [0.4, 0.5) is 5.95 Å². The van der Waals surface area contributed by atoms with Crippen molar-refractivity contribution in [3.05, 3.63) is 58.4 Å². The van der Waals surface area contributed by atoms with Gasteiger partial charge in [-0.05, 0) is 43.7 Å². The molecule has 0 radical (unpaired) electrons. The van der Waals surface area contributed by atoms with E-state index >= 15 is 0 Å². The Bertz CT molecular complexity index is 1070. The van der Waals surface area contributed by atoms with Crippen LogP contribution in [0.3, 0.4) is 0 Å². The van der Waals surface area contributed by atoms with Crippen molar-refractivity contribution in [2.45, 2.75) is 26.8 Å². The van der Waals surface area contributed by atoms with E-state index in [1.165, 1.54) is 0 Å². The summed E-state index contributed by atoms with van der Waals surface area (Å²) in [5.41, 5.74) is 5.40. The molecule has 7 heteroatoms. The maximum atomic E-state index is 12.7. The molecule has 3 rings (SSSR count). The lowest BCUT2D eigenvalue weighted by Crippen LogP contribution is -2.23. The number of ether oxygens (including phenoxy) is 2. The normalized spacial score (nSPS) is 11.5. The lowest BCUT2D eigenvalue weighted by Gasteiger charge is -2.12. The molecule has 0 aliphatic carbocycles. The van der Waals surface area contributed by atoms with Gasteiger partial charge in [0.2, 0.25) is 5.95 Å². The molecule has 3 aromatic rings. The molecule has 146 valence electrons. The number of nitrogens with zero attached hydrogens (tertiary/aromatic N) is 3. The minimum Gasteiger partial charge on any atom is -0.493 e. The van der Waals surface area contributed by atoms with Gasteiger partial charge in [0.1, 0.15) is 0 Å². The number of hydrogen-bond donors (Lipinski definition) is 1. The summed E-state index contributed by atoms with van der Waals surface area (Å²) in [5.74, 6) is 1.79. The molecule has 0 fully saturated rings. The van der Waals surface area contributed by atoms with Crippen LogP contribution in [0.1, 0.15) is 19.4 Å². The Hall–Kier alpha value is -3.35. The van der Waals surface area contributed by atoms with Gasteiger partial charge in [0.15, 0.2) is 11.5 Å². The quantitative estimate of drug-likeness (QED) is 0.502. The summed E-state index contributed by atoms with van der Waals surface area (Å²) in [6, 6.07) is 13.1. The molecule has 0 spiro atoms. The molecule has 0 aliphatic heterocycles. The number of hydrogen-bond acceptors (Lipinski definition) is 6. The summed E-state index contributed by atoms with van der Waals surface area (Å²) in [6.45, 7) is 4.33. The highest BCUT2D eigenvalue weighted by Gasteiger charge is 2.09. The minimum atomic E-state index is -0.0802. The van der Waals surface area contributed by atoms with Crippen LogP contribution in [0.2, 0.25) is 0 Å². The fraction of sp³-hybridized carbons (Fsp3) is 0.286. The predicted molar refractivity (Wildman–Crippen MR) is 112 cm³/mol. The molecule has 0 atom stereocenters. The maximum Gasteiger partial charge on any atom is 0.262 e. The van der Waals surface area contributed by atoms with Crippen molar-refractivity contribution in [3.8, 4) is 11.5 Å². The SMILES string of the molecule is CCn1c(N/N=C(/C)Cc2ccc(OC)c(OC)c2)nc2ccccc2c1=O. The topological polar surface area (TPSA) is 77.7 Å². The number of nitrogens with one attached hydrogen (secondary N) is 1. The lowest BCUT2D eigenvalue weighted by molar-refractivity contribution is 0.354. The van der Waals surface area contributed by atoms with Gasteiger partial charge in [-0.2, -0.15) is 5.10 Å². The summed E-state index contributed by atoms with van der Waals surface area (Å²) in [4.78, 5) is 17.2. The van der Waals surface area contributed by atoms with Gasteiger partial charge in [-0.3, -0.25) is 9.36 Å². The number of benzene rings is 2. The van der Waals surface area contributed by atoms with E-state index in [0.717, 1.165) is 11.3 Å². The van der Waals surface area contributed by atoms with Gasteiger partial charge in [-0.1, -0.05) is 18.2 Å². The van der Waals surface area contributed by atoms with Crippen molar-refractivity contribution >= 4 is 22.6 Å². The van der Waals surface area contributed by atoms with Gasteiger partial charge in [0.05, 0.1) is 25.1 Å². The second-order valence-electron chi connectivity index (χ2n) is 6.33. The molecule has 28 heavy (non-hydrogen) atoms. The summed E-state index contributed by atoms with van der Waals surface area (Å²) >= 11 is 0. The fourth-order valence-electron chi connectivity index (χ4n) is 3.02. The second-order valence-corrected chi connectivity index (χ2v) is 6.33. The Kier molecular flexibility index (Phi) is 5.93. The molecular formula is C21H24N4O3. The summed E-state index contributed by atoms with van der Waals surface area (Å²) in [5, 5.41) is 5.01. The van der Waals surface area contributed by atoms with Crippen LogP contribution in [0, 0.1) is 0 Å². The third-order valence-electron chi connectivity index (χ3n) is 4.43. The number of fused-ring (bicyclic) bond motifs is 1. The largest absolute Gasteiger partial charge is 0.493 e. The van der Waals surface area contributed by atoms with E-state index in [2.05, 4.69) is 15.5 Å². The molecule has 2 aromatic carbocycles. The molecule has 0 aliphatic rings. The Morgan fingerprint density at radius 3 is 2.61 bits per heavy atom. The van der Waals surface area contributed by atoms with E-state index in [9.17, 15) is 4.79 Å². The molecule has 0 saturated heterocycles. The third-order valence-corrected chi connectivity index (χ3v) is 4.43. The first kappa shape index (κ1) is 19.4. The Morgan fingerprint density at radius 1 is 1.14 bits per heavy atom. The smallest absolute Gasteiger partial charge is 0.262 e. The maximum absolute atomic E-state index is 12.7. The zero-order chi connectivity index (χ0) is 20.1. The van der Waals surface area contributed by atoms with Crippen molar-refractivity contribution in [2.24, 2.45) is 5.10 Å². The number of aromatic nitrogens is 2. The van der Waals surface area contributed by atoms with E-state index < -0.39 is 0 Å². The van der Waals surface area contributed by atoms with Gasteiger partial charge in [0, 0.05) is 18.7 Å². The van der Waals surface area contributed by atoms with E-state index in [-0.39, 0.29) is 5.56 Å². The van der Waals surface area contributed by atoms with Crippen molar-refractivity contribution in [3.63, 3.8) is 0 Å². The molecule has 1 heterocycles. The average molecular weight is 380 g/mol. The van der Waals surface area contributed by atoms with Crippen LogP contribution in [0.25, 0.3) is 10.9 Å². The standard InChI is InChI=1S/C21H24N4O3/c1-5-25-20(26)16-8-6-7-9-17(16)22-21(25)24-23-14(2)12-15-10-11-18(27-3)19(13-15)28-4/h6-11,13H,5,12H2,1-4H3,(H,22,24)/b23-14-. The summed E-state index contributed by atoms with van der Waals surface area (Å²) in [6.07, 6.45) is 0.622. The Labute approximate surface area is 163 Å². The molecular weight excluding hydrogens is 356 g/mol. The van der Waals surface area contributed by atoms with E-state index in [1.54, 1.807) is 24.9 Å². The zero-order valence-electron chi connectivity index (χ0n) is 16.5. The van der Waals surface area contributed by atoms with Crippen molar-refractivity contribution in [2.75, 3.05) is 19.6 Å². The molecule has 7 nitrogen and oxygen atoms in total. The molecule has 0 saturated carbocycles. The number of para-hydroxylation sites is 1. The number of anilines is 1. The number of methoxy groups -OCH3 is 2. The molecule has 1 aromatic heterocycles. The summed E-state index contributed by atoms with van der Waals surface area (Å²) < 4.78 is 12.2. The highest BCUT2D eigenvalue weighted by atomic mass is 16.5.